The number of hydrogen-bond donors (Lipinski definition) is 2. The standard InChI is InChI=1S/C14H24N4/c1-11-12(9-16-17-11)3-2-6-15-14-5-8-18-7-4-13(14)10-18/h9,13-15H,2-8,10H2,1H3,(H,16,17). The van der Waals surface area contributed by atoms with Gasteiger partial charge in [-0.2, -0.15) is 5.10 Å². The molecule has 0 spiro atoms. The molecular formula is C14H24N4. The highest BCUT2D eigenvalue weighted by atomic mass is 15.2. The van der Waals surface area contributed by atoms with Crippen molar-refractivity contribution in [3.05, 3.63) is 17.5 Å². The number of hydrogen-bond acceptors (Lipinski definition) is 3. The van der Waals surface area contributed by atoms with E-state index in [1.54, 1.807) is 0 Å². The van der Waals surface area contributed by atoms with Gasteiger partial charge < -0.3 is 10.2 Å². The van der Waals surface area contributed by atoms with Gasteiger partial charge in [0.1, 0.15) is 0 Å². The number of nitrogens with one attached hydrogen (secondary N) is 2. The zero-order valence-electron chi connectivity index (χ0n) is 11.3. The fraction of sp³-hybridized carbons (Fsp3) is 0.786. The van der Waals surface area contributed by atoms with E-state index in [2.05, 4.69) is 27.3 Å². The van der Waals surface area contributed by atoms with Crippen molar-refractivity contribution in [3.63, 3.8) is 0 Å². The predicted octanol–water partition coefficient (Wildman–Crippen LogP) is 1.33. The van der Waals surface area contributed by atoms with Crippen molar-refractivity contribution in [1.82, 2.24) is 20.4 Å². The van der Waals surface area contributed by atoms with Crippen LogP contribution in [0.4, 0.5) is 0 Å². The van der Waals surface area contributed by atoms with E-state index in [1.165, 1.54) is 50.2 Å². The quantitative estimate of drug-likeness (QED) is 0.773. The molecule has 0 amide bonds. The van der Waals surface area contributed by atoms with E-state index in [4.69, 9.17) is 0 Å². The van der Waals surface area contributed by atoms with Crippen molar-refractivity contribution in [2.24, 2.45) is 5.92 Å². The predicted molar refractivity (Wildman–Crippen MR) is 72.6 cm³/mol. The zero-order valence-corrected chi connectivity index (χ0v) is 11.3. The first-order valence-corrected chi connectivity index (χ1v) is 7.27. The number of aromatic nitrogens is 2. The number of piperidine rings is 1. The van der Waals surface area contributed by atoms with Gasteiger partial charge in [-0.15, -0.1) is 0 Å². The van der Waals surface area contributed by atoms with Gasteiger partial charge in [-0.3, -0.25) is 5.10 Å². The maximum Gasteiger partial charge on any atom is 0.0522 e. The van der Waals surface area contributed by atoms with Crippen molar-refractivity contribution >= 4 is 0 Å². The molecule has 0 radical (unpaired) electrons. The van der Waals surface area contributed by atoms with Gasteiger partial charge in [-0.1, -0.05) is 0 Å². The first-order chi connectivity index (χ1) is 8.83. The van der Waals surface area contributed by atoms with Gasteiger partial charge in [-0.25, -0.2) is 0 Å². The molecule has 2 N–H and O–H groups in total. The molecule has 3 atom stereocenters. The fourth-order valence-electron chi connectivity index (χ4n) is 3.41. The number of H-pyrrole nitrogens is 1. The van der Waals surface area contributed by atoms with Crippen molar-refractivity contribution in [2.75, 3.05) is 26.2 Å². The first kappa shape index (κ1) is 12.2. The zero-order chi connectivity index (χ0) is 12.4. The van der Waals surface area contributed by atoms with Gasteiger partial charge in [0.05, 0.1) is 6.20 Å². The first-order valence-electron chi connectivity index (χ1n) is 7.27. The van der Waals surface area contributed by atoms with Crippen LogP contribution in [0.1, 0.15) is 30.5 Å². The van der Waals surface area contributed by atoms with Crippen molar-refractivity contribution in [1.29, 1.82) is 0 Å². The smallest absolute Gasteiger partial charge is 0.0522 e. The van der Waals surface area contributed by atoms with Gasteiger partial charge in [0.25, 0.3) is 0 Å². The summed E-state index contributed by atoms with van der Waals surface area (Å²) in [5.74, 6) is 0.911. The second-order valence-corrected chi connectivity index (χ2v) is 5.82. The Hall–Kier alpha value is -0.870. The topological polar surface area (TPSA) is 44.0 Å². The number of fused-ring (bicyclic) bond motifs is 2. The van der Waals surface area contributed by atoms with Crippen LogP contribution in [0.25, 0.3) is 0 Å². The highest BCUT2D eigenvalue weighted by Gasteiger charge is 2.33. The van der Waals surface area contributed by atoms with Gasteiger partial charge in [0, 0.05) is 18.3 Å². The normalized spacial score (nSPS) is 30.8. The highest BCUT2D eigenvalue weighted by Crippen LogP contribution is 2.26. The number of rotatable bonds is 5. The minimum Gasteiger partial charge on any atom is -0.314 e. The molecule has 3 unspecified atom stereocenters. The summed E-state index contributed by atoms with van der Waals surface area (Å²) in [6.45, 7) is 7.21. The Morgan fingerprint density at radius 2 is 2.33 bits per heavy atom. The van der Waals surface area contributed by atoms with Gasteiger partial charge in [-0.05, 0) is 63.7 Å². The van der Waals surface area contributed by atoms with E-state index >= 15 is 0 Å². The van der Waals surface area contributed by atoms with E-state index in [0.717, 1.165) is 24.9 Å². The number of aryl methyl sites for hydroxylation is 2. The fourth-order valence-corrected chi connectivity index (χ4v) is 3.41. The Bertz CT molecular complexity index is 387. The molecule has 4 heteroatoms. The molecule has 3 heterocycles. The SMILES string of the molecule is Cc1[nH]ncc1CCCNC1CCN2CCC1C2. The third-order valence-electron chi connectivity index (χ3n) is 4.60. The molecule has 0 saturated carbocycles. The summed E-state index contributed by atoms with van der Waals surface area (Å²) in [5.41, 5.74) is 2.59. The van der Waals surface area contributed by atoms with Crippen LogP contribution in [0.2, 0.25) is 0 Å². The Balaban J connectivity index is 1.38. The molecule has 1 aromatic heterocycles. The lowest BCUT2D eigenvalue weighted by Gasteiger charge is -2.31. The maximum atomic E-state index is 4.07. The average molecular weight is 248 g/mol. The molecule has 100 valence electrons. The van der Waals surface area contributed by atoms with Gasteiger partial charge in [0.2, 0.25) is 0 Å². The second-order valence-electron chi connectivity index (χ2n) is 5.82. The molecule has 2 aliphatic heterocycles. The number of aromatic amines is 1. The third kappa shape index (κ3) is 2.59. The molecule has 0 aliphatic carbocycles. The van der Waals surface area contributed by atoms with E-state index in [0.29, 0.717) is 0 Å². The molecule has 2 saturated heterocycles. The molecule has 2 bridgehead atoms. The van der Waals surface area contributed by atoms with Crippen LogP contribution in [0.5, 0.6) is 0 Å². The lowest BCUT2D eigenvalue weighted by molar-refractivity contribution is 0.221. The van der Waals surface area contributed by atoms with Crippen LogP contribution >= 0.6 is 0 Å². The summed E-state index contributed by atoms with van der Waals surface area (Å²) in [7, 11) is 0. The van der Waals surface area contributed by atoms with E-state index in [1.807, 2.05) is 6.20 Å². The highest BCUT2D eigenvalue weighted by molar-refractivity contribution is 5.14. The van der Waals surface area contributed by atoms with Crippen molar-refractivity contribution in [3.8, 4) is 0 Å². The summed E-state index contributed by atoms with van der Waals surface area (Å²) in [4.78, 5) is 2.61. The van der Waals surface area contributed by atoms with Crippen LogP contribution in [0, 0.1) is 12.8 Å². The van der Waals surface area contributed by atoms with Gasteiger partial charge in [0.15, 0.2) is 0 Å². The molecule has 2 fully saturated rings. The molecule has 18 heavy (non-hydrogen) atoms. The van der Waals surface area contributed by atoms with Crippen LogP contribution in [0.3, 0.4) is 0 Å². The molecule has 1 aromatic rings. The minimum absolute atomic E-state index is 0.772. The van der Waals surface area contributed by atoms with Crippen LogP contribution in [0.15, 0.2) is 6.20 Å². The molecule has 3 rings (SSSR count). The molecule has 4 nitrogen and oxygen atoms in total. The Kier molecular flexibility index (Phi) is 3.66. The van der Waals surface area contributed by atoms with Crippen LogP contribution in [-0.2, 0) is 6.42 Å². The average Bonchev–Trinajstić information content (AvgIpc) is 2.95. The summed E-state index contributed by atoms with van der Waals surface area (Å²) >= 11 is 0. The molecule has 2 aliphatic rings. The van der Waals surface area contributed by atoms with E-state index in [-0.39, 0.29) is 0 Å². The minimum atomic E-state index is 0.772. The largest absolute Gasteiger partial charge is 0.314 e. The maximum absolute atomic E-state index is 4.07. The van der Waals surface area contributed by atoms with Crippen molar-refractivity contribution < 1.29 is 0 Å². The Morgan fingerprint density at radius 3 is 3.17 bits per heavy atom. The number of nitrogens with zero attached hydrogens (tertiary/aromatic N) is 2. The lowest BCUT2D eigenvalue weighted by Crippen LogP contribution is -2.44. The Morgan fingerprint density at radius 1 is 1.44 bits per heavy atom. The van der Waals surface area contributed by atoms with Gasteiger partial charge >= 0.3 is 0 Å². The summed E-state index contributed by atoms with van der Waals surface area (Å²) in [6, 6.07) is 0.772. The third-order valence-corrected chi connectivity index (χ3v) is 4.60. The van der Waals surface area contributed by atoms with E-state index in [9.17, 15) is 0 Å². The summed E-state index contributed by atoms with van der Waals surface area (Å²) in [6.07, 6.45) is 7.06. The summed E-state index contributed by atoms with van der Waals surface area (Å²) < 4.78 is 0. The van der Waals surface area contributed by atoms with E-state index < -0.39 is 0 Å². The van der Waals surface area contributed by atoms with Crippen LogP contribution in [-0.4, -0.2) is 47.3 Å². The second kappa shape index (κ2) is 5.41. The molecular weight excluding hydrogens is 224 g/mol. The lowest BCUT2D eigenvalue weighted by atomic mass is 9.94. The summed E-state index contributed by atoms with van der Waals surface area (Å²) in [5, 5.41) is 10.8. The Labute approximate surface area is 109 Å². The van der Waals surface area contributed by atoms with Crippen molar-refractivity contribution in [2.45, 2.75) is 38.6 Å². The molecule has 0 aromatic carbocycles. The van der Waals surface area contributed by atoms with Crippen LogP contribution < -0.4 is 5.32 Å². The monoisotopic (exact) mass is 248 g/mol.